The number of carbonyl (C=O) groups is 2. The number of halogens is 4. The summed E-state index contributed by atoms with van der Waals surface area (Å²) < 4.78 is 47.0. The van der Waals surface area contributed by atoms with Gasteiger partial charge in [0.2, 0.25) is 5.91 Å². The lowest BCUT2D eigenvalue weighted by atomic mass is 10.1. The Morgan fingerprint density at radius 2 is 1.79 bits per heavy atom. The lowest BCUT2D eigenvalue weighted by molar-refractivity contribution is -0.192. The number of aryl methyl sites for hydroxylation is 1. The zero-order valence-electron chi connectivity index (χ0n) is 18.2. The van der Waals surface area contributed by atoms with Gasteiger partial charge in [0.15, 0.2) is 0 Å². The number of fused-ring (bicyclic) bond motifs is 1. The maximum Gasteiger partial charge on any atom is 0.490 e. The van der Waals surface area contributed by atoms with Gasteiger partial charge in [-0.05, 0) is 43.6 Å². The SMILES string of the molecule is Cn1nc(CN2CCCCC2)c2c1CN(C(=O)Cc1cccc(F)c1)C2.O=C(O)C(F)(F)F. The zero-order valence-corrected chi connectivity index (χ0v) is 18.2. The van der Waals surface area contributed by atoms with Crippen molar-refractivity contribution in [2.24, 2.45) is 7.05 Å². The van der Waals surface area contributed by atoms with Crippen LogP contribution in [-0.4, -0.2) is 55.8 Å². The van der Waals surface area contributed by atoms with Crippen molar-refractivity contribution in [3.8, 4) is 0 Å². The molecule has 2 aliphatic rings. The number of alkyl halides is 3. The molecule has 4 rings (SSSR count). The summed E-state index contributed by atoms with van der Waals surface area (Å²) in [6.45, 7) is 4.34. The molecule has 0 saturated carbocycles. The first-order valence-electron chi connectivity index (χ1n) is 10.6. The Kier molecular flexibility index (Phi) is 7.72. The minimum absolute atomic E-state index is 0.0377. The lowest BCUT2D eigenvalue weighted by Gasteiger charge is -2.26. The number of benzene rings is 1. The third-order valence-corrected chi connectivity index (χ3v) is 5.71. The first-order chi connectivity index (χ1) is 15.5. The number of amides is 1. The third kappa shape index (κ3) is 6.53. The van der Waals surface area contributed by atoms with Crippen LogP contribution in [0.1, 0.15) is 41.8 Å². The fourth-order valence-corrected chi connectivity index (χ4v) is 4.04. The molecule has 1 saturated heterocycles. The lowest BCUT2D eigenvalue weighted by Crippen LogP contribution is -2.30. The highest BCUT2D eigenvalue weighted by atomic mass is 19.4. The van der Waals surface area contributed by atoms with E-state index in [2.05, 4.69) is 4.90 Å². The molecule has 1 fully saturated rings. The van der Waals surface area contributed by atoms with E-state index in [0.29, 0.717) is 13.1 Å². The van der Waals surface area contributed by atoms with Gasteiger partial charge in [-0.15, -0.1) is 0 Å². The summed E-state index contributed by atoms with van der Waals surface area (Å²) in [6.07, 6.45) is -1.01. The number of carboxylic acid groups (broad SMARTS) is 1. The summed E-state index contributed by atoms with van der Waals surface area (Å²) in [5, 5.41) is 11.8. The van der Waals surface area contributed by atoms with E-state index in [1.165, 1.54) is 37.0 Å². The van der Waals surface area contributed by atoms with Gasteiger partial charge in [0.1, 0.15) is 5.82 Å². The summed E-state index contributed by atoms with van der Waals surface area (Å²) in [4.78, 5) is 25.9. The fraction of sp³-hybridized carbons (Fsp3) is 0.500. The molecule has 180 valence electrons. The summed E-state index contributed by atoms with van der Waals surface area (Å²) >= 11 is 0. The molecule has 1 N–H and O–H groups in total. The van der Waals surface area contributed by atoms with Crippen molar-refractivity contribution in [1.29, 1.82) is 0 Å². The number of rotatable bonds is 4. The van der Waals surface area contributed by atoms with E-state index in [-0.39, 0.29) is 18.1 Å². The van der Waals surface area contributed by atoms with Gasteiger partial charge in [0, 0.05) is 25.7 Å². The van der Waals surface area contributed by atoms with Crippen molar-refractivity contribution in [3.05, 3.63) is 52.6 Å². The molecule has 0 atom stereocenters. The second-order valence-electron chi connectivity index (χ2n) is 8.19. The van der Waals surface area contributed by atoms with Crippen LogP contribution < -0.4 is 0 Å². The van der Waals surface area contributed by atoms with Crippen LogP contribution in [0.4, 0.5) is 17.6 Å². The second-order valence-corrected chi connectivity index (χ2v) is 8.19. The number of carbonyl (C=O) groups excluding carboxylic acids is 1. The van der Waals surface area contributed by atoms with E-state index < -0.39 is 12.1 Å². The number of likely N-dealkylation sites (tertiary alicyclic amines) is 1. The molecule has 2 aromatic rings. The normalized spacial score (nSPS) is 16.2. The largest absolute Gasteiger partial charge is 0.490 e. The van der Waals surface area contributed by atoms with Crippen LogP contribution in [0.15, 0.2) is 24.3 Å². The molecule has 0 spiro atoms. The number of aliphatic carboxylic acids is 1. The van der Waals surface area contributed by atoms with Crippen molar-refractivity contribution < 1.29 is 32.3 Å². The molecule has 33 heavy (non-hydrogen) atoms. The molecule has 1 aromatic heterocycles. The predicted molar refractivity (Wildman–Crippen MR) is 110 cm³/mol. The van der Waals surface area contributed by atoms with Crippen LogP contribution in [-0.2, 0) is 42.7 Å². The quantitative estimate of drug-likeness (QED) is 0.694. The molecule has 7 nitrogen and oxygen atoms in total. The van der Waals surface area contributed by atoms with Crippen LogP contribution in [0.3, 0.4) is 0 Å². The van der Waals surface area contributed by atoms with E-state index in [9.17, 15) is 22.4 Å². The molecule has 1 amide bonds. The molecule has 3 heterocycles. The van der Waals surface area contributed by atoms with Crippen molar-refractivity contribution in [2.75, 3.05) is 13.1 Å². The molecule has 0 bridgehead atoms. The molecule has 11 heteroatoms. The first-order valence-corrected chi connectivity index (χ1v) is 10.6. The topological polar surface area (TPSA) is 78.7 Å². The van der Waals surface area contributed by atoms with Gasteiger partial charge in [0.05, 0.1) is 24.4 Å². The standard InChI is InChI=1S/C20H25FN4O.C2HF3O2/c1-23-19-14-25(20(26)11-15-6-5-7-16(21)10-15)12-17(19)18(22-23)13-24-8-3-2-4-9-24;3-2(4,5)1(6)7/h5-7,10H,2-4,8-9,11-14H2,1H3;(H,6,7). The van der Waals surface area contributed by atoms with Gasteiger partial charge in [-0.3, -0.25) is 14.4 Å². The average molecular weight is 470 g/mol. The zero-order chi connectivity index (χ0) is 24.2. The highest BCUT2D eigenvalue weighted by Gasteiger charge is 2.38. The van der Waals surface area contributed by atoms with Crippen molar-refractivity contribution >= 4 is 11.9 Å². The molecule has 2 aliphatic heterocycles. The van der Waals surface area contributed by atoms with Crippen molar-refractivity contribution in [3.63, 3.8) is 0 Å². The van der Waals surface area contributed by atoms with Crippen LogP contribution in [0, 0.1) is 5.82 Å². The Hall–Kier alpha value is -2.95. The van der Waals surface area contributed by atoms with Gasteiger partial charge in [-0.2, -0.15) is 18.3 Å². The third-order valence-electron chi connectivity index (χ3n) is 5.71. The van der Waals surface area contributed by atoms with Crippen LogP contribution in [0.25, 0.3) is 0 Å². The van der Waals surface area contributed by atoms with Crippen molar-refractivity contribution in [1.82, 2.24) is 19.6 Å². The summed E-state index contributed by atoms with van der Waals surface area (Å²) in [6, 6.07) is 6.29. The molecular formula is C22H26F4N4O3. The van der Waals surface area contributed by atoms with E-state index in [0.717, 1.165) is 36.6 Å². The number of piperidine rings is 1. The summed E-state index contributed by atoms with van der Waals surface area (Å²) in [7, 11) is 1.96. The van der Waals surface area contributed by atoms with E-state index in [4.69, 9.17) is 15.0 Å². The second kappa shape index (κ2) is 10.3. The van der Waals surface area contributed by atoms with Gasteiger partial charge in [-0.1, -0.05) is 18.6 Å². The van der Waals surface area contributed by atoms with Crippen molar-refractivity contribution in [2.45, 2.75) is 51.5 Å². The maximum absolute atomic E-state index is 13.3. The molecule has 0 radical (unpaired) electrons. The molecule has 1 aromatic carbocycles. The summed E-state index contributed by atoms with van der Waals surface area (Å²) in [5.74, 6) is -3.02. The van der Waals surface area contributed by atoms with E-state index in [1.807, 2.05) is 16.6 Å². The first kappa shape index (κ1) is 24.7. The Morgan fingerprint density at radius 1 is 1.12 bits per heavy atom. The summed E-state index contributed by atoms with van der Waals surface area (Å²) in [5.41, 5.74) is 4.15. The fourth-order valence-electron chi connectivity index (χ4n) is 4.04. The van der Waals surface area contributed by atoms with Crippen LogP contribution in [0.2, 0.25) is 0 Å². The van der Waals surface area contributed by atoms with Crippen LogP contribution in [0.5, 0.6) is 0 Å². The minimum Gasteiger partial charge on any atom is -0.475 e. The molecule has 0 aliphatic carbocycles. The molecule has 0 unspecified atom stereocenters. The predicted octanol–water partition coefficient (Wildman–Crippen LogP) is 3.26. The number of nitrogens with zero attached hydrogens (tertiary/aromatic N) is 4. The maximum atomic E-state index is 13.3. The number of aromatic nitrogens is 2. The van der Waals surface area contributed by atoms with Crippen LogP contribution >= 0.6 is 0 Å². The Labute approximate surface area is 188 Å². The number of hydrogen-bond acceptors (Lipinski definition) is 4. The highest BCUT2D eigenvalue weighted by Crippen LogP contribution is 2.27. The van der Waals surface area contributed by atoms with Gasteiger partial charge >= 0.3 is 12.1 Å². The van der Waals surface area contributed by atoms with Gasteiger partial charge < -0.3 is 10.0 Å². The molecular weight excluding hydrogens is 444 g/mol. The Morgan fingerprint density at radius 3 is 2.39 bits per heavy atom. The monoisotopic (exact) mass is 470 g/mol. The Balaban J connectivity index is 0.000000383. The average Bonchev–Trinajstić information content (AvgIpc) is 3.30. The Bertz CT molecular complexity index is 1000. The smallest absolute Gasteiger partial charge is 0.475 e. The minimum atomic E-state index is -5.08. The highest BCUT2D eigenvalue weighted by molar-refractivity contribution is 5.79. The van der Waals surface area contributed by atoms with E-state index in [1.54, 1.807) is 12.1 Å². The van der Waals surface area contributed by atoms with Gasteiger partial charge in [-0.25, -0.2) is 9.18 Å². The number of carboxylic acids is 1. The van der Waals surface area contributed by atoms with E-state index >= 15 is 0 Å². The van der Waals surface area contributed by atoms with Gasteiger partial charge in [0.25, 0.3) is 0 Å². The number of hydrogen-bond donors (Lipinski definition) is 1.